The predicted molar refractivity (Wildman–Crippen MR) is 89.3 cm³/mol. The lowest BCUT2D eigenvalue weighted by atomic mass is 10.2. The maximum absolute atomic E-state index is 11.8. The summed E-state index contributed by atoms with van der Waals surface area (Å²) in [5.74, 6) is 1.80. The molecule has 0 aliphatic carbocycles. The topological polar surface area (TPSA) is 71.1 Å². The van der Waals surface area contributed by atoms with Crippen molar-refractivity contribution in [3.8, 4) is 12.3 Å². The number of anilines is 1. The van der Waals surface area contributed by atoms with Crippen molar-refractivity contribution in [3.05, 3.63) is 66.0 Å². The quantitative estimate of drug-likeness (QED) is 0.654. The molecule has 0 aliphatic rings. The van der Waals surface area contributed by atoms with Crippen LogP contribution in [0.5, 0.6) is 0 Å². The molecule has 0 unspecified atom stereocenters. The van der Waals surface area contributed by atoms with E-state index < -0.39 is 0 Å². The van der Waals surface area contributed by atoms with E-state index in [9.17, 15) is 9.59 Å². The normalized spacial score (nSPS) is 10.0. The van der Waals surface area contributed by atoms with Gasteiger partial charge in [0, 0.05) is 29.7 Å². The third-order valence-electron chi connectivity index (χ3n) is 2.85. The first-order chi connectivity index (χ1) is 11.2. The van der Waals surface area contributed by atoms with Gasteiger partial charge in [-0.3, -0.25) is 14.6 Å². The number of hydrogen-bond acceptors (Lipinski definition) is 3. The standard InChI is InChI=1S/C18H15N3O2/c1-2-14-5-3-7-16(11-14)21-18(23)13-20-17(22)9-8-15-6-4-10-19-12-15/h1,3-12H,13H2,(H,20,22)(H,21,23)/b9-8+. The summed E-state index contributed by atoms with van der Waals surface area (Å²) < 4.78 is 0. The van der Waals surface area contributed by atoms with Crippen molar-refractivity contribution in [2.75, 3.05) is 11.9 Å². The Morgan fingerprint density at radius 2 is 2.13 bits per heavy atom. The zero-order valence-corrected chi connectivity index (χ0v) is 12.3. The van der Waals surface area contributed by atoms with E-state index in [0.29, 0.717) is 11.3 Å². The highest BCUT2D eigenvalue weighted by molar-refractivity contribution is 5.98. The third-order valence-corrected chi connectivity index (χ3v) is 2.85. The van der Waals surface area contributed by atoms with Crippen LogP contribution in [0.15, 0.2) is 54.9 Å². The molecule has 23 heavy (non-hydrogen) atoms. The van der Waals surface area contributed by atoms with Gasteiger partial charge in [0.1, 0.15) is 0 Å². The van der Waals surface area contributed by atoms with Crippen molar-refractivity contribution in [3.63, 3.8) is 0 Å². The van der Waals surface area contributed by atoms with E-state index in [1.165, 1.54) is 6.08 Å². The minimum atomic E-state index is -0.360. The molecule has 0 saturated heterocycles. The summed E-state index contributed by atoms with van der Waals surface area (Å²) in [6.45, 7) is -0.128. The molecular weight excluding hydrogens is 290 g/mol. The number of nitrogens with zero attached hydrogens (tertiary/aromatic N) is 1. The number of nitrogens with one attached hydrogen (secondary N) is 2. The number of pyridine rings is 1. The molecule has 1 aromatic heterocycles. The first kappa shape index (κ1) is 16.0. The highest BCUT2D eigenvalue weighted by Crippen LogP contribution is 2.09. The van der Waals surface area contributed by atoms with E-state index >= 15 is 0 Å². The second kappa shape index (κ2) is 8.15. The summed E-state index contributed by atoms with van der Waals surface area (Å²) in [6.07, 6.45) is 11.6. The Labute approximate surface area is 134 Å². The molecule has 0 aliphatic heterocycles. The maximum Gasteiger partial charge on any atom is 0.244 e. The maximum atomic E-state index is 11.8. The SMILES string of the molecule is C#Cc1cccc(NC(=O)CNC(=O)/C=C/c2cccnc2)c1. The number of aromatic nitrogens is 1. The number of amides is 2. The molecule has 0 spiro atoms. The lowest BCUT2D eigenvalue weighted by Crippen LogP contribution is -2.31. The molecule has 2 aromatic rings. The van der Waals surface area contributed by atoms with Crippen LogP contribution < -0.4 is 10.6 Å². The van der Waals surface area contributed by atoms with Crippen molar-refractivity contribution in [1.82, 2.24) is 10.3 Å². The van der Waals surface area contributed by atoms with E-state index in [-0.39, 0.29) is 18.4 Å². The second-order valence-electron chi connectivity index (χ2n) is 4.61. The van der Waals surface area contributed by atoms with Crippen molar-refractivity contribution in [2.24, 2.45) is 0 Å². The highest BCUT2D eigenvalue weighted by Gasteiger charge is 2.04. The van der Waals surface area contributed by atoms with Gasteiger partial charge in [0.05, 0.1) is 6.54 Å². The molecule has 114 valence electrons. The molecule has 0 fully saturated rings. The number of carbonyl (C=O) groups excluding carboxylic acids is 2. The summed E-state index contributed by atoms with van der Waals surface area (Å²) in [6, 6.07) is 10.5. The van der Waals surface area contributed by atoms with Gasteiger partial charge >= 0.3 is 0 Å². The average Bonchev–Trinajstić information content (AvgIpc) is 2.59. The molecule has 1 aromatic carbocycles. The number of terminal acetylenes is 1. The van der Waals surface area contributed by atoms with Crippen LogP contribution >= 0.6 is 0 Å². The van der Waals surface area contributed by atoms with Crippen LogP contribution in [0.2, 0.25) is 0 Å². The van der Waals surface area contributed by atoms with Crippen LogP contribution in [0.4, 0.5) is 5.69 Å². The predicted octanol–water partition coefficient (Wildman–Crippen LogP) is 1.83. The molecular formula is C18H15N3O2. The Kier molecular flexibility index (Phi) is 5.67. The number of carbonyl (C=O) groups is 2. The van der Waals surface area contributed by atoms with Gasteiger partial charge in [-0.1, -0.05) is 18.1 Å². The summed E-state index contributed by atoms with van der Waals surface area (Å²) in [5.41, 5.74) is 2.06. The molecule has 0 bridgehead atoms. The molecule has 2 rings (SSSR count). The Morgan fingerprint density at radius 3 is 2.87 bits per heavy atom. The van der Waals surface area contributed by atoms with E-state index in [0.717, 1.165) is 5.56 Å². The lowest BCUT2D eigenvalue weighted by Gasteiger charge is -2.06. The summed E-state index contributed by atoms with van der Waals surface area (Å²) in [7, 11) is 0. The fraction of sp³-hybridized carbons (Fsp3) is 0.0556. The van der Waals surface area contributed by atoms with Crippen LogP contribution in [0.1, 0.15) is 11.1 Å². The van der Waals surface area contributed by atoms with E-state index in [4.69, 9.17) is 6.42 Å². The molecule has 2 amide bonds. The summed E-state index contributed by atoms with van der Waals surface area (Å²) >= 11 is 0. The van der Waals surface area contributed by atoms with Gasteiger partial charge in [-0.2, -0.15) is 0 Å². The minimum absolute atomic E-state index is 0.128. The van der Waals surface area contributed by atoms with Gasteiger partial charge < -0.3 is 10.6 Å². The molecule has 5 heteroatoms. The van der Waals surface area contributed by atoms with Crippen LogP contribution in [0.3, 0.4) is 0 Å². The fourth-order valence-corrected chi connectivity index (χ4v) is 1.76. The Balaban J connectivity index is 1.81. The smallest absolute Gasteiger partial charge is 0.244 e. The van der Waals surface area contributed by atoms with E-state index in [2.05, 4.69) is 21.5 Å². The van der Waals surface area contributed by atoms with Gasteiger partial charge in [0.15, 0.2) is 0 Å². The van der Waals surface area contributed by atoms with Crippen molar-refractivity contribution in [2.45, 2.75) is 0 Å². The Hall–Kier alpha value is -3.39. The largest absolute Gasteiger partial charge is 0.343 e. The van der Waals surface area contributed by atoms with Gasteiger partial charge in [-0.15, -0.1) is 6.42 Å². The third kappa shape index (κ3) is 5.48. The molecule has 5 nitrogen and oxygen atoms in total. The zero-order valence-electron chi connectivity index (χ0n) is 12.3. The van der Waals surface area contributed by atoms with Gasteiger partial charge in [0.2, 0.25) is 11.8 Å². The van der Waals surface area contributed by atoms with Crippen molar-refractivity contribution in [1.29, 1.82) is 0 Å². The Bertz CT molecular complexity index is 761. The zero-order chi connectivity index (χ0) is 16.5. The van der Waals surface area contributed by atoms with Crippen LogP contribution in [-0.2, 0) is 9.59 Å². The molecule has 0 atom stereocenters. The Morgan fingerprint density at radius 1 is 1.26 bits per heavy atom. The molecule has 0 saturated carbocycles. The van der Waals surface area contributed by atoms with Gasteiger partial charge in [-0.05, 0) is 35.9 Å². The van der Waals surface area contributed by atoms with Crippen LogP contribution in [0.25, 0.3) is 6.08 Å². The highest BCUT2D eigenvalue weighted by atomic mass is 16.2. The second-order valence-corrected chi connectivity index (χ2v) is 4.61. The van der Waals surface area contributed by atoms with Crippen molar-refractivity contribution < 1.29 is 9.59 Å². The lowest BCUT2D eigenvalue weighted by molar-refractivity contribution is -0.121. The van der Waals surface area contributed by atoms with Crippen molar-refractivity contribution >= 4 is 23.6 Å². The molecule has 1 heterocycles. The summed E-state index contributed by atoms with van der Waals surface area (Å²) in [4.78, 5) is 27.4. The number of benzene rings is 1. The first-order valence-electron chi connectivity index (χ1n) is 6.90. The minimum Gasteiger partial charge on any atom is -0.343 e. The number of rotatable bonds is 5. The van der Waals surface area contributed by atoms with E-state index in [1.807, 2.05) is 6.07 Å². The molecule has 0 radical (unpaired) electrons. The average molecular weight is 305 g/mol. The summed E-state index contributed by atoms with van der Waals surface area (Å²) in [5, 5.41) is 5.17. The first-order valence-corrected chi connectivity index (χ1v) is 6.90. The van der Waals surface area contributed by atoms with E-state index in [1.54, 1.807) is 48.8 Å². The monoisotopic (exact) mass is 305 g/mol. The van der Waals surface area contributed by atoms with Crippen LogP contribution in [-0.4, -0.2) is 23.3 Å². The molecule has 2 N–H and O–H groups in total. The number of hydrogen-bond donors (Lipinski definition) is 2. The van der Waals surface area contributed by atoms with Gasteiger partial charge in [-0.25, -0.2) is 0 Å². The van der Waals surface area contributed by atoms with Crippen LogP contribution in [0, 0.1) is 12.3 Å². The fourth-order valence-electron chi connectivity index (χ4n) is 1.76. The van der Waals surface area contributed by atoms with Gasteiger partial charge in [0.25, 0.3) is 0 Å².